The highest BCUT2D eigenvalue weighted by molar-refractivity contribution is 7.16. The van der Waals surface area contributed by atoms with E-state index < -0.39 is 0 Å². The van der Waals surface area contributed by atoms with Crippen LogP contribution >= 0.6 is 11.3 Å². The quantitative estimate of drug-likeness (QED) is 0.595. The van der Waals surface area contributed by atoms with Crippen molar-refractivity contribution in [2.45, 2.75) is 27.7 Å². The second-order valence-electron chi connectivity index (χ2n) is 3.22. The third-order valence-electron chi connectivity index (χ3n) is 2.33. The molecular formula is C9H12N3S+. The summed E-state index contributed by atoms with van der Waals surface area (Å²) >= 11 is 1.63. The molecule has 0 radical (unpaired) electrons. The van der Waals surface area contributed by atoms with Gasteiger partial charge in [0.2, 0.25) is 0 Å². The highest BCUT2D eigenvalue weighted by Gasteiger charge is 2.17. The maximum Gasteiger partial charge on any atom is 0.410 e. The second kappa shape index (κ2) is 2.73. The van der Waals surface area contributed by atoms with Gasteiger partial charge in [-0.15, -0.1) is 0 Å². The van der Waals surface area contributed by atoms with Crippen LogP contribution in [0.2, 0.25) is 0 Å². The van der Waals surface area contributed by atoms with Crippen LogP contribution < -0.4 is 4.52 Å². The fourth-order valence-electron chi connectivity index (χ4n) is 1.32. The highest BCUT2D eigenvalue weighted by Crippen LogP contribution is 2.12. The van der Waals surface area contributed by atoms with Crippen LogP contribution in [0.1, 0.15) is 22.0 Å². The number of fused-ring (bicyclic) bond motifs is 1. The number of nitrogens with zero attached hydrogens (tertiary/aromatic N) is 3. The Labute approximate surface area is 81.1 Å². The molecule has 0 aliphatic rings. The van der Waals surface area contributed by atoms with Crippen LogP contribution in [-0.2, 0) is 0 Å². The number of hydrogen-bond acceptors (Lipinski definition) is 3. The molecule has 0 aliphatic heterocycles. The summed E-state index contributed by atoms with van der Waals surface area (Å²) < 4.78 is 1.92. The Kier molecular flexibility index (Phi) is 1.80. The first-order valence-electron chi connectivity index (χ1n) is 4.23. The van der Waals surface area contributed by atoms with E-state index in [0.29, 0.717) is 0 Å². The predicted octanol–water partition coefficient (Wildman–Crippen LogP) is 1.51. The van der Waals surface area contributed by atoms with Gasteiger partial charge in [0.05, 0.1) is 0 Å². The summed E-state index contributed by atoms with van der Waals surface area (Å²) in [7, 11) is 0. The predicted molar refractivity (Wildman–Crippen MR) is 52.0 cm³/mol. The molecule has 3 nitrogen and oxygen atoms in total. The molecule has 13 heavy (non-hydrogen) atoms. The maximum absolute atomic E-state index is 4.48. The lowest BCUT2D eigenvalue weighted by Gasteiger charge is -1.94. The van der Waals surface area contributed by atoms with Crippen LogP contribution in [0.15, 0.2) is 0 Å². The lowest BCUT2D eigenvalue weighted by molar-refractivity contribution is -0.586. The number of aromatic nitrogens is 3. The van der Waals surface area contributed by atoms with Crippen molar-refractivity contribution < 1.29 is 4.52 Å². The third kappa shape index (κ3) is 1.21. The van der Waals surface area contributed by atoms with Gasteiger partial charge in [-0.1, -0.05) is 9.61 Å². The van der Waals surface area contributed by atoms with Gasteiger partial charge in [-0.25, -0.2) is 0 Å². The Hall–Kier alpha value is -1.03. The van der Waals surface area contributed by atoms with Gasteiger partial charge < -0.3 is 0 Å². The van der Waals surface area contributed by atoms with E-state index in [1.165, 1.54) is 11.3 Å². The minimum atomic E-state index is 0.984. The first-order valence-corrected chi connectivity index (χ1v) is 5.04. The Morgan fingerprint density at radius 3 is 2.54 bits per heavy atom. The molecule has 2 rings (SSSR count). The van der Waals surface area contributed by atoms with Crippen molar-refractivity contribution in [3.63, 3.8) is 0 Å². The van der Waals surface area contributed by atoms with Crippen LogP contribution in [-0.4, -0.2) is 10.1 Å². The second-order valence-corrected chi connectivity index (χ2v) is 4.38. The molecule has 0 N–H and O–H groups in total. The van der Waals surface area contributed by atoms with Crippen LogP contribution in [0.25, 0.3) is 4.96 Å². The van der Waals surface area contributed by atoms with E-state index in [2.05, 4.69) is 23.9 Å². The van der Waals surface area contributed by atoms with Gasteiger partial charge in [-0.2, -0.15) is 0 Å². The van der Waals surface area contributed by atoms with Gasteiger partial charge >= 0.3 is 4.96 Å². The molecule has 0 unspecified atom stereocenters. The Morgan fingerprint density at radius 2 is 1.85 bits per heavy atom. The number of rotatable bonds is 0. The third-order valence-corrected chi connectivity index (χ3v) is 3.15. The zero-order valence-electron chi connectivity index (χ0n) is 8.25. The first kappa shape index (κ1) is 8.56. The molecule has 2 aromatic heterocycles. The molecule has 0 saturated heterocycles. The van der Waals surface area contributed by atoms with Gasteiger partial charge in [0.25, 0.3) is 0 Å². The van der Waals surface area contributed by atoms with Gasteiger partial charge in [-0.05, 0) is 30.2 Å². The molecule has 0 aliphatic carbocycles. The monoisotopic (exact) mass is 194 g/mol. The molecule has 0 atom stereocenters. The van der Waals surface area contributed by atoms with Crippen LogP contribution in [0.5, 0.6) is 0 Å². The maximum atomic E-state index is 4.48. The average Bonchev–Trinajstić information content (AvgIpc) is 2.42. The summed E-state index contributed by atoms with van der Waals surface area (Å²) in [5, 5.41) is 5.44. The molecule has 0 aromatic carbocycles. The van der Waals surface area contributed by atoms with Gasteiger partial charge in [0.15, 0.2) is 5.69 Å². The molecule has 0 bridgehead atoms. The summed E-state index contributed by atoms with van der Waals surface area (Å²) in [6.45, 7) is 8.20. The molecule has 2 heterocycles. The SMILES string of the molecule is Cc1n[n+]2c(C)c(C)c(C)nc2s1. The van der Waals surface area contributed by atoms with E-state index in [1.807, 2.05) is 18.4 Å². The topological polar surface area (TPSA) is 29.9 Å². The van der Waals surface area contributed by atoms with Crippen LogP contribution in [0, 0.1) is 27.7 Å². The van der Waals surface area contributed by atoms with Crippen molar-refractivity contribution in [2.24, 2.45) is 0 Å². The Bertz CT molecular complexity index is 473. The summed E-state index contributed by atoms with van der Waals surface area (Å²) in [5.74, 6) is 0. The lowest BCUT2D eigenvalue weighted by atomic mass is 10.2. The van der Waals surface area contributed by atoms with E-state index >= 15 is 0 Å². The molecule has 0 spiro atoms. The van der Waals surface area contributed by atoms with Gasteiger partial charge in [0.1, 0.15) is 10.7 Å². The van der Waals surface area contributed by atoms with E-state index in [0.717, 1.165) is 15.7 Å². The standard InChI is InChI=1S/C9H12N3S/c1-5-6(2)10-9-12(7(5)3)11-8(4)13-9/h1-4H3/q+1. The van der Waals surface area contributed by atoms with Crippen molar-refractivity contribution in [1.82, 2.24) is 10.1 Å². The molecule has 68 valence electrons. The molecule has 4 heteroatoms. The van der Waals surface area contributed by atoms with Crippen molar-refractivity contribution in [3.05, 3.63) is 22.0 Å². The minimum absolute atomic E-state index is 0.984. The van der Waals surface area contributed by atoms with Crippen molar-refractivity contribution in [1.29, 1.82) is 0 Å². The van der Waals surface area contributed by atoms with Crippen LogP contribution in [0.3, 0.4) is 0 Å². The van der Waals surface area contributed by atoms with E-state index in [4.69, 9.17) is 0 Å². The minimum Gasteiger partial charge on any atom is -0.0878 e. The smallest absolute Gasteiger partial charge is 0.0878 e. The molecule has 0 fully saturated rings. The summed E-state index contributed by atoms with van der Waals surface area (Å²) in [6, 6.07) is 0. The summed E-state index contributed by atoms with van der Waals surface area (Å²) in [4.78, 5) is 5.46. The average molecular weight is 194 g/mol. The number of aryl methyl sites for hydroxylation is 3. The summed E-state index contributed by atoms with van der Waals surface area (Å²) in [6.07, 6.45) is 0. The van der Waals surface area contributed by atoms with Crippen molar-refractivity contribution >= 4 is 16.3 Å². The molecule has 0 saturated carbocycles. The zero-order chi connectivity index (χ0) is 9.59. The molecular weight excluding hydrogens is 182 g/mol. The fourth-order valence-corrected chi connectivity index (χ4v) is 2.15. The fraction of sp³-hybridized carbons (Fsp3) is 0.444. The van der Waals surface area contributed by atoms with Crippen molar-refractivity contribution in [3.8, 4) is 0 Å². The summed E-state index contributed by atoms with van der Waals surface area (Å²) in [5.41, 5.74) is 3.51. The molecule has 2 aromatic rings. The first-order chi connectivity index (χ1) is 6.09. The van der Waals surface area contributed by atoms with Crippen molar-refractivity contribution in [2.75, 3.05) is 0 Å². The number of hydrogen-bond donors (Lipinski definition) is 0. The van der Waals surface area contributed by atoms with E-state index in [-0.39, 0.29) is 0 Å². The Morgan fingerprint density at radius 1 is 1.15 bits per heavy atom. The lowest BCUT2D eigenvalue weighted by Crippen LogP contribution is -2.29. The van der Waals surface area contributed by atoms with E-state index in [9.17, 15) is 0 Å². The van der Waals surface area contributed by atoms with Crippen LogP contribution in [0.4, 0.5) is 0 Å². The zero-order valence-corrected chi connectivity index (χ0v) is 9.07. The largest absolute Gasteiger partial charge is 0.410 e. The normalized spacial score (nSPS) is 11.1. The Balaban J connectivity index is 2.92. The van der Waals surface area contributed by atoms with Gasteiger partial charge in [0, 0.05) is 19.4 Å². The van der Waals surface area contributed by atoms with Gasteiger partial charge in [-0.3, -0.25) is 0 Å². The molecule has 0 amide bonds. The van der Waals surface area contributed by atoms with E-state index in [1.54, 1.807) is 11.3 Å². The highest BCUT2D eigenvalue weighted by atomic mass is 32.1.